The van der Waals surface area contributed by atoms with E-state index in [9.17, 15) is 22.4 Å². The Bertz CT molecular complexity index is 1160. The minimum Gasteiger partial charge on any atom is -0.455 e. The number of carbonyl (C=O) groups excluding carboxylic acids is 1. The van der Waals surface area contributed by atoms with Crippen molar-refractivity contribution < 1.29 is 26.8 Å². The van der Waals surface area contributed by atoms with Crippen LogP contribution in [0.5, 0.6) is 0 Å². The maximum Gasteiger partial charge on any atom is 0.416 e. The molecule has 4 N–H and O–H groups in total. The number of urea groups is 1. The van der Waals surface area contributed by atoms with Gasteiger partial charge in [-0.25, -0.2) is 19.2 Å². The van der Waals surface area contributed by atoms with E-state index in [0.717, 1.165) is 6.07 Å². The van der Waals surface area contributed by atoms with Crippen LogP contribution in [0.15, 0.2) is 28.9 Å². The van der Waals surface area contributed by atoms with Crippen molar-refractivity contribution in [2.24, 2.45) is 5.73 Å². The fraction of sp³-hybridized carbons (Fsp3) is 0.316. The van der Waals surface area contributed by atoms with E-state index >= 15 is 0 Å². The molecule has 0 saturated carbocycles. The lowest BCUT2D eigenvalue weighted by molar-refractivity contribution is -0.158. The zero-order chi connectivity index (χ0) is 23.2. The molecule has 8 nitrogen and oxygen atoms in total. The van der Waals surface area contributed by atoms with Crippen molar-refractivity contribution in [3.05, 3.63) is 46.7 Å². The first-order valence-corrected chi connectivity index (χ1v) is 9.75. The Morgan fingerprint density at radius 2 is 1.97 bits per heavy atom. The van der Waals surface area contributed by atoms with E-state index in [1.165, 1.54) is 25.4 Å². The lowest BCUT2D eigenvalue weighted by Gasteiger charge is -2.36. The molecule has 1 unspecified atom stereocenters. The van der Waals surface area contributed by atoms with E-state index in [0.29, 0.717) is 19.0 Å². The summed E-state index contributed by atoms with van der Waals surface area (Å²) in [6.07, 6.45) is -2.40. The highest BCUT2D eigenvalue weighted by atomic mass is 35.5. The van der Waals surface area contributed by atoms with Crippen molar-refractivity contribution in [3.63, 3.8) is 0 Å². The molecule has 4 rings (SSSR count). The lowest BCUT2D eigenvalue weighted by Crippen LogP contribution is -2.56. The van der Waals surface area contributed by atoms with Gasteiger partial charge >= 0.3 is 12.2 Å². The number of aryl methyl sites for hydroxylation is 1. The van der Waals surface area contributed by atoms with Gasteiger partial charge in [0.05, 0.1) is 18.1 Å². The number of aromatic nitrogens is 2. The van der Waals surface area contributed by atoms with Crippen LogP contribution in [0.25, 0.3) is 11.0 Å². The van der Waals surface area contributed by atoms with Gasteiger partial charge in [0.25, 0.3) is 0 Å². The third-order valence-electron chi connectivity index (χ3n) is 4.95. The number of nitrogens with two attached hydrogens (primary N) is 1. The maximum absolute atomic E-state index is 14.1. The molecule has 1 atom stereocenters. The molecule has 0 bridgehead atoms. The summed E-state index contributed by atoms with van der Waals surface area (Å²) in [6.45, 7) is 2.50. The second-order valence-electron chi connectivity index (χ2n) is 7.37. The summed E-state index contributed by atoms with van der Waals surface area (Å²) in [4.78, 5) is 22.2. The number of nitrogens with zero attached hydrogens (tertiary/aromatic N) is 3. The van der Waals surface area contributed by atoms with Gasteiger partial charge in [0.2, 0.25) is 5.95 Å². The first-order chi connectivity index (χ1) is 15.0. The molecule has 170 valence electrons. The van der Waals surface area contributed by atoms with Gasteiger partial charge in [-0.3, -0.25) is 0 Å². The molecule has 3 aromatic rings. The van der Waals surface area contributed by atoms with Gasteiger partial charge in [0, 0.05) is 35.1 Å². The summed E-state index contributed by atoms with van der Waals surface area (Å²) in [6, 6.07) is -1.45. The van der Waals surface area contributed by atoms with Crippen LogP contribution >= 0.6 is 11.6 Å². The number of hydrogen-bond donors (Lipinski definition) is 3. The van der Waals surface area contributed by atoms with Crippen LogP contribution in [0.2, 0.25) is 5.02 Å². The highest BCUT2D eigenvalue weighted by Gasteiger charge is 2.45. The van der Waals surface area contributed by atoms with Crippen molar-refractivity contribution in [2.75, 3.05) is 23.3 Å². The number of amides is 2. The Labute approximate surface area is 183 Å². The highest BCUT2D eigenvalue weighted by molar-refractivity contribution is 6.31. The van der Waals surface area contributed by atoms with Crippen LogP contribution in [-0.4, -0.2) is 41.3 Å². The van der Waals surface area contributed by atoms with Crippen molar-refractivity contribution in [3.8, 4) is 0 Å². The minimum absolute atomic E-state index is 0.00312. The summed E-state index contributed by atoms with van der Waals surface area (Å²) in [7, 11) is 0. The van der Waals surface area contributed by atoms with E-state index in [2.05, 4.69) is 15.3 Å². The van der Waals surface area contributed by atoms with Crippen LogP contribution in [0.1, 0.15) is 17.4 Å². The number of nitrogens with one attached hydrogen (secondary N) is 2. The Balaban J connectivity index is 1.53. The molecule has 1 saturated heterocycles. The molecule has 0 radical (unpaired) electrons. The topological polar surface area (TPSA) is 109 Å². The van der Waals surface area contributed by atoms with Crippen LogP contribution in [0.4, 0.5) is 34.0 Å². The minimum atomic E-state index is -4.92. The molecule has 1 aromatic carbocycles. The Hall–Kier alpha value is -3.12. The fourth-order valence-electron chi connectivity index (χ4n) is 3.36. The quantitative estimate of drug-likeness (QED) is 0.497. The summed E-state index contributed by atoms with van der Waals surface area (Å²) in [5.41, 5.74) is 5.40. The first kappa shape index (κ1) is 22.1. The molecule has 13 heteroatoms. The molecule has 1 fully saturated rings. The van der Waals surface area contributed by atoms with Gasteiger partial charge in [-0.1, -0.05) is 11.6 Å². The van der Waals surface area contributed by atoms with Gasteiger partial charge in [-0.2, -0.15) is 13.2 Å². The SMILES string of the molecule is Cc1c(C(NC(=O)Nc2cnc(N3CC(N)C3)nc2)C(F)(F)F)oc2c(F)cc(Cl)cc12. The third kappa shape index (κ3) is 4.28. The lowest BCUT2D eigenvalue weighted by atomic mass is 10.1. The molecule has 2 amide bonds. The van der Waals surface area contributed by atoms with Gasteiger partial charge in [0.1, 0.15) is 5.76 Å². The summed E-state index contributed by atoms with van der Waals surface area (Å²) >= 11 is 5.80. The normalized spacial score (nSPS) is 15.5. The Morgan fingerprint density at radius 3 is 2.56 bits per heavy atom. The number of rotatable bonds is 4. The van der Waals surface area contributed by atoms with Crippen LogP contribution in [-0.2, 0) is 0 Å². The predicted octanol–water partition coefficient (Wildman–Crippen LogP) is 3.90. The number of alkyl halides is 3. The molecule has 2 aromatic heterocycles. The summed E-state index contributed by atoms with van der Waals surface area (Å²) in [5.74, 6) is -1.17. The van der Waals surface area contributed by atoms with E-state index < -0.39 is 29.8 Å². The van der Waals surface area contributed by atoms with E-state index in [4.69, 9.17) is 21.8 Å². The standard InChI is InChI=1S/C19H17ClF4N6O2/c1-8-12-2-9(20)3-13(21)15(12)32-14(8)16(19(22,23)24)29-18(31)28-11-4-26-17(27-5-11)30-6-10(25)7-30/h2-5,10,16H,6-7,25H2,1H3,(H2,28,29,31). The molecule has 1 aliphatic rings. The van der Waals surface area contributed by atoms with E-state index in [1.54, 1.807) is 0 Å². The van der Waals surface area contributed by atoms with Crippen LogP contribution < -0.4 is 21.3 Å². The average Bonchev–Trinajstić information content (AvgIpc) is 3.00. The largest absolute Gasteiger partial charge is 0.455 e. The summed E-state index contributed by atoms with van der Waals surface area (Å²) in [5, 5.41) is 4.14. The van der Waals surface area contributed by atoms with Crippen molar-refractivity contribution in [2.45, 2.75) is 25.2 Å². The van der Waals surface area contributed by atoms with Crippen molar-refractivity contribution >= 4 is 40.2 Å². The van der Waals surface area contributed by atoms with E-state index in [1.807, 2.05) is 10.2 Å². The fourth-order valence-corrected chi connectivity index (χ4v) is 3.56. The number of benzene rings is 1. The monoisotopic (exact) mass is 472 g/mol. The second-order valence-corrected chi connectivity index (χ2v) is 7.80. The number of carbonyl (C=O) groups is 1. The smallest absolute Gasteiger partial charge is 0.416 e. The highest BCUT2D eigenvalue weighted by Crippen LogP contribution is 2.39. The molecule has 32 heavy (non-hydrogen) atoms. The van der Waals surface area contributed by atoms with Gasteiger partial charge in [-0.05, 0) is 19.1 Å². The van der Waals surface area contributed by atoms with Gasteiger partial charge in [0.15, 0.2) is 17.4 Å². The molecular weight excluding hydrogens is 456 g/mol. The van der Waals surface area contributed by atoms with Crippen LogP contribution in [0, 0.1) is 12.7 Å². The number of fused-ring (bicyclic) bond motifs is 1. The van der Waals surface area contributed by atoms with Gasteiger partial charge in [-0.15, -0.1) is 0 Å². The number of halogens is 5. The molecule has 3 heterocycles. The maximum atomic E-state index is 14.1. The van der Waals surface area contributed by atoms with Crippen molar-refractivity contribution in [1.82, 2.24) is 15.3 Å². The number of hydrogen-bond acceptors (Lipinski definition) is 6. The Morgan fingerprint density at radius 1 is 1.31 bits per heavy atom. The molecule has 0 spiro atoms. The van der Waals surface area contributed by atoms with Crippen molar-refractivity contribution in [1.29, 1.82) is 0 Å². The predicted molar refractivity (Wildman–Crippen MR) is 109 cm³/mol. The summed E-state index contributed by atoms with van der Waals surface area (Å²) < 4.78 is 60.5. The second kappa shape index (κ2) is 8.10. The number of furan rings is 1. The zero-order valence-electron chi connectivity index (χ0n) is 16.5. The van der Waals surface area contributed by atoms with Crippen LogP contribution in [0.3, 0.4) is 0 Å². The Kier molecular flexibility index (Phi) is 5.59. The zero-order valence-corrected chi connectivity index (χ0v) is 17.3. The molecular formula is C19H17ClF4N6O2. The molecule has 1 aliphatic heterocycles. The molecule has 0 aliphatic carbocycles. The van der Waals surface area contributed by atoms with E-state index in [-0.39, 0.29) is 33.3 Å². The van der Waals surface area contributed by atoms with Gasteiger partial charge < -0.3 is 25.7 Å². The first-order valence-electron chi connectivity index (χ1n) is 9.37. The number of anilines is 2. The average molecular weight is 473 g/mol. The third-order valence-corrected chi connectivity index (χ3v) is 5.17.